The van der Waals surface area contributed by atoms with E-state index in [4.69, 9.17) is 4.74 Å². The van der Waals surface area contributed by atoms with Crippen molar-refractivity contribution in [2.24, 2.45) is 0 Å². The van der Waals surface area contributed by atoms with Crippen molar-refractivity contribution in [2.45, 2.75) is 18.9 Å². The number of hydrogen-bond donors (Lipinski definition) is 1. The van der Waals surface area contributed by atoms with Gasteiger partial charge in [0.05, 0.1) is 13.7 Å². The number of benzene rings is 1. The minimum Gasteiger partial charge on any atom is -0.497 e. The van der Waals surface area contributed by atoms with Gasteiger partial charge in [0, 0.05) is 22.7 Å². The number of anilines is 1. The van der Waals surface area contributed by atoms with Crippen LogP contribution in [0, 0.1) is 0 Å². The molecule has 1 atom stereocenters. The molecule has 1 amide bonds. The molecule has 0 bridgehead atoms. The Bertz CT molecular complexity index is 627. The van der Waals surface area contributed by atoms with Crippen molar-refractivity contribution in [2.75, 3.05) is 25.5 Å². The van der Waals surface area contributed by atoms with Crippen LogP contribution in [0.3, 0.4) is 0 Å². The van der Waals surface area contributed by atoms with Crippen LogP contribution < -0.4 is 10.1 Å². The number of methoxy groups -OCH3 is 1. The van der Waals surface area contributed by atoms with Gasteiger partial charge < -0.3 is 10.1 Å². The van der Waals surface area contributed by atoms with Crippen LogP contribution >= 0.6 is 11.3 Å². The lowest BCUT2D eigenvalue weighted by Crippen LogP contribution is -2.32. The van der Waals surface area contributed by atoms with E-state index in [1.807, 2.05) is 24.3 Å². The lowest BCUT2D eigenvalue weighted by molar-refractivity contribution is -0.117. The first-order chi connectivity index (χ1) is 10.8. The fourth-order valence-electron chi connectivity index (χ4n) is 2.90. The van der Waals surface area contributed by atoms with Crippen LogP contribution in [0.4, 0.5) is 5.69 Å². The molecule has 1 aliphatic heterocycles. The second-order valence-corrected chi connectivity index (χ2v) is 6.40. The average molecular weight is 316 g/mol. The largest absolute Gasteiger partial charge is 0.497 e. The normalized spacial score (nSPS) is 18.3. The third-order valence-corrected chi connectivity index (χ3v) is 4.91. The molecule has 1 N–H and O–H groups in total. The van der Waals surface area contributed by atoms with Crippen molar-refractivity contribution >= 4 is 22.9 Å². The first kappa shape index (κ1) is 15.1. The Morgan fingerprint density at radius 3 is 3.09 bits per heavy atom. The van der Waals surface area contributed by atoms with Gasteiger partial charge in [0.1, 0.15) is 5.75 Å². The number of nitrogens with one attached hydrogen (secondary N) is 1. The predicted molar refractivity (Wildman–Crippen MR) is 89.5 cm³/mol. The Morgan fingerprint density at radius 1 is 1.41 bits per heavy atom. The molecule has 0 saturated carbocycles. The van der Waals surface area contributed by atoms with Crippen LogP contribution in [0.2, 0.25) is 0 Å². The van der Waals surface area contributed by atoms with Gasteiger partial charge in [-0.05, 0) is 43.0 Å². The summed E-state index contributed by atoms with van der Waals surface area (Å²) in [6, 6.07) is 12.1. The predicted octanol–water partition coefficient (Wildman–Crippen LogP) is 3.53. The maximum Gasteiger partial charge on any atom is 0.238 e. The van der Waals surface area contributed by atoms with Crippen molar-refractivity contribution in [1.82, 2.24) is 4.90 Å². The Morgan fingerprint density at radius 2 is 2.32 bits per heavy atom. The van der Waals surface area contributed by atoms with Crippen LogP contribution in [-0.2, 0) is 4.79 Å². The fraction of sp³-hybridized carbons (Fsp3) is 0.353. The number of carbonyl (C=O) groups excluding carboxylic acids is 1. The van der Waals surface area contributed by atoms with Gasteiger partial charge in [-0.25, -0.2) is 0 Å². The maximum absolute atomic E-state index is 12.3. The lowest BCUT2D eigenvalue weighted by Gasteiger charge is -2.22. The zero-order chi connectivity index (χ0) is 15.4. The molecule has 3 rings (SSSR count). The van der Waals surface area contributed by atoms with E-state index in [2.05, 4.69) is 27.7 Å². The summed E-state index contributed by atoms with van der Waals surface area (Å²) in [6.07, 6.45) is 2.28. The number of likely N-dealkylation sites (tertiary alicyclic amines) is 1. The summed E-state index contributed by atoms with van der Waals surface area (Å²) in [5.41, 5.74) is 0.774. The van der Waals surface area contributed by atoms with Crippen molar-refractivity contribution in [3.63, 3.8) is 0 Å². The van der Waals surface area contributed by atoms with Crippen molar-refractivity contribution in [1.29, 1.82) is 0 Å². The van der Waals surface area contributed by atoms with E-state index in [0.717, 1.165) is 30.8 Å². The van der Waals surface area contributed by atoms with Crippen molar-refractivity contribution in [3.8, 4) is 5.75 Å². The second kappa shape index (κ2) is 6.94. The molecule has 1 aliphatic rings. The topological polar surface area (TPSA) is 41.6 Å². The molecule has 1 saturated heterocycles. The SMILES string of the molecule is COc1cccc(NC(=O)CN2CCC[C@@H]2c2cccs2)c1. The Balaban J connectivity index is 1.61. The highest BCUT2D eigenvalue weighted by Gasteiger charge is 2.28. The Hall–Kier alpha value is -1.85. The summed E-state index contributed by atoms with van der Waals surface area (Å²) in [7, 11) is 1.62. The van der Waals surface area contributed by atoms with Crippen molar-refractivity contribution < 1.29 is 9.53 Å². The number of thiophene rings is 1. The summed E-state index contributed by atoms with van der Waals surface area (Å²) < 4.78 is 5.18. The van der Waals surface area contributed by atoms with Gasteiger partial charge >= 0.3 is 0 Å². The minimum absolute atomic E-state index is 0.0247. The molecule has 1 aromatic heterocycles. The molecule has 1 aromatic carbocycles. The summed E-state index contributed by atoms with van der Waals surface area (Å²) in [4.78, 5) is 15.9. The van der Waals surface area contributed by atoms with E-state index in [0.29, 0.717) is 12.6 Å². The highest BCUT2D eigenvalue weighted by molar-refractivity contribution is 7.10. The van der Waals surface area contributed by atoms with Gasteiger partial charge in [-0.2, -0.15) is 0 Å². The van der Waals surface area contributed by atoms with Gasteiger partial charge in [-0.3, -0.25) is 9.69 Å². The molecular weight excluding hydrogens is 296 g/mol. The minimum atomic E-state index is 0.0247. The summed E-state index contributed by atoms with van der Waals surface area (Å²) in [5.74, 6) is 0.771. The average Bonchev–Trinajstić information content (AvgIpc) is 3.18. The third kappa shape index (κ3) is 3.48. The van der Waals surface area contributed by atoms with E-state index in [9.17, 15) is 4.79 Å². The number of ether oxygens (including phenoxy) is 1. The third-order valence-electron chi connectivity index (χ3n) is 3.94. The molecule has 1 fully saturated rings. The molecule has 116 valence electrons. The van der Waals surface area contributed by atoms with E-state index < -0.39 is 0 Å². The molecule has 2 heterocycles. The number of rotatable bonds is 5. The summed E-state index contributed by atoms with van der Waals surface area (Å²) in [5, 5.41) is 5.05. The Labute approximate surface area is 134 Å². The van der Waals surface area contributed by atoms with Gasteiger partial charge in [-0.1, -0.05) is 12.1 Å². The maximum atomic E-state index is 12.3. The van der Waals surface area contributed by atoms with Gasteiger partial charge in [-0.15, -0.1) is 11.3 Å². The van der Waals surface area contributed by atoms with Crippen LogP contribution in [0.25, 0.3) is 0 Å². The first-order valence-corrected chi connectivity index (χ1v) is 8.35. The highest BCUT2D eigenvalue weighted by Crippen LogP contribution is 2.34. The van der Waals surface area contributed by atoms with E-state index in [-0.39, 0.29) is 5.91 Å². The van der Waals surface area contributed by atoms with E-state index >= 15 is 0 Å². The van der Waals surface area contributed by atoms with Crippen molar-refractivity contribution in [3.05, 3.63) is 46.7 Å². The van der Waals surface area contributed by atoms with Crippen LogP contribution in [0.5, 0.6) is 5.75 Å². The number of carbonyl (C=O) groups is 1. The smallest absolute Gasteiger partial charge is 0.238 e. The number of amides is 1. The molecule has 0 spiro atoms. The fourth-order valence-corrected chi connectivity index (χ4v) is 3.80. The van der Waals surface area contributed by atoms with E-state index in [1.165, 1.54) is 4.88 Å². The molecule has 0 aliphatic carbocycles. The lowest BCUT2D eigenvalue weighted by atomic mass is 10.2. The zero-order valence-electron chi connectivity index (χ0n) is 12.6. The number of nitrogens with zero attached hydrogens (tertiary/aromatic N) is 1. The quantitative estimate of drug-likeness (QED) is 0.917. The van der Waals surface area contributed by atoms with Gasteiger partial charge in [0.25, 0.3) is 0 Å². The molecule has 4 nitrogen and oxygen atoms in total. The van der Waals surface area contributed by atoms with Gasteiger partial charge in [0.15, 0.2) is 0 Å². The zero-order valence-corrected chi connectivity index (χ0v) is 13.4. The molecule has 5 heteroatoms. The molecular formula is C17H20N2O2S. The first-order valence-electron chi connectivity index (χ1n) is 7.47. The second-order valence-electron chi connectivity index (χ2n) is 5.42. The van der Waals surface area contributed by atoms with Gasteiger partial charge in [0.2, 0.25) is 5.91 Å². The molecule has 0 radical (unpaired) electrons. The molecule has 22 heavy (non-hydrogen) atoms. The van der Waals surface area contributed by atoms with Crippen LogP contribution in [0.1, 0.15) is 23.8 Å². The van der Waals surface area contributed by atoms with E-state index in [1.54, 1.807) is 18.4 Å². The molecule has 0 unspecified atom stereocenters. The van der Waals surface area contributed by atoms with Crippen LogP contribution in [0.15, 0.2) is 41.8 Å². The highest BCUT2D eigenvalue weighted by atomic mass is 32.1. The summed E-state index contributed by atoms with van der Waals surface area (Å²) in [6.45, 7) is 1.41. The Kier molecular flexibility index (Phi) is 4.75. The number of hydrogen-bond acceptors (Lipinski definition) is 4. The standard InChI is InChI=1S/C17H20N2O2S/c1-21-14-6-2-5-13(11-14)18-17(20)12-19-9-3-7-15(19)16-8-4-10-22-16/h2,4-6,8,10-11,15H,3,7,9,12H2,1H3,(H,18,20)/t15-/m1/s1. The summed E-state index contributed by atoms with van der Waals surface area (Å²) >= 11 is 1.77. The van der Waals surface area contributed by atoms with Crippen LogP contribution in [-0.4, -0.2) is 31.0 Å². The molecule has 2 aromatic rings. The monoisotopic (exact) mass is 316 g/mol.